The number of rotatable bonds is 2. The van der Waals surface area contributed by atoms with E-state index in [9.17, 15) is 14.0 Å². The minimum atomic E-state index is -0.937. The first-order valence-electron chi connectivity index (χ1n) is 6.50. The Morgan fingerprint density at radius 1 is 1.14 bits per heavy atom. The van der Waals surface area contributed by atoms with Gasteiger partial charge in [-0.2, -0.15) is 4.39 Å². The Morgan fingerprint density at radius 2 is 1.90 bits per heavy atom. The molecule has 6 nitrogen and oxygen atoms in total. The van der Waals surface area contributed by atoms with Crippen LogP contribution in [0, 0.1) is 5.82 Å². The molecule has 0 radical (unpaired) electrons. The van der Waals surface area contributed by atoms with Crippen molar-refractivity contribution in [2.24, 2.45) is 0 Å². The molecule has 0 aliphatic carbocycles. The van der Waals surface area contributed by atoms with Gasteiger partial charge in [-0.05, 0) is 12.1 Å². The van der Waals surface area contributed by atoms with Crippen LogP contribution in [-0.4, -0.2) is 35.5 Å². The summed E-state index contributed by atoms with van der Waals surface area (Å²) in [6.07, 6.45) is 0.863. The molecule has 0 saturated carbocycles. The van der Waals surface area contributed by atoms with Crippen molar-refractivity contribution in [1.29, 1.82) is 0 Å². The van der Waals surface area contributed by atoms with E-state index in [-0.39, 0.29) is 18.4 Å². The number of nitrogens with one attached hydrogen (secondary N) is 1. The van der Waals surface area contributed by atoms with E-state index in [1.165, 1.54) is 0 Å². The largest absolute Gasteiger partial charge is 0.331 e. The molecule has 0 spiro atoms. The number of benzene rings is 1. The maximum absolute atomic E-state index is 12.9. The number of halogens is 1. The highest BCUT2D eigenvalue weighted by molar-refractivity contribution is 5.97. The summed E-state index contributed by atoms with van der Waals surface area (Å²) in [6, 6.07) is 9.36. The van der Waals surface area contributed by atoms with Gasteiger partial charge in [-0.25, -0.2) is 4.98 Å². The molecule has 0 atom stereocenters. The summed E-state index contributed by atoms with van der Waals surface area (Å²) in [4.78, 5) is 32.9. The highest BCUT2D eigenvalue weighted by Crippen LogP contribution is 2.18. The first-order valence-corrected chi connectivity index (χ1v) is 6.50. The number of anilines is 2. The van der Waals surface area contributed by atoms with Gasteiger partial charge in [0.1, 0.15) is 6.54 Å². The second-order valence-electron chi connectivity index (χ2n) is 4.69. The van der Waals surface area contributed by atoms with Crippen LogP contribution in [0.2, 0.25) is 0 Å². The number of piperazine rings is 1. The molecule has 2 aromatic rings. The molecule has 7 heteroatoms. The van der Waals surface area contributed by atoms with Gasteiger partial charge in [0.05, 0.1) is 6.20 Å². The van der Waals surface area contributed by atoms with Gasteiger partial charge < -0.3 is 9.80 Å². The molecule has 1 saturated heterocycles. The summed E-state index contributed by atoms with van der Waals surface area (Å²) >= 11 is 0. The lowest BCUT2D eigenvalue weighted by atomic mass is 10.2. The normalized spacial score (nSPS) is 15.4. The minimum Gasteiger partial charge on any atom is -0.331 e. The molecule has 3 rings (SSSR count). The Bertz CT molecular complexity index is 716. The number of carbonyl (C=O) groups excluding carboxylic acids is 1. The number of hydrogen-bond donors (Lipinski definition) is 1. The first-order chi connectivity index (χ1) is 10.1. The van der Waals surface area contributed by atoms with E-state index < -0.39 is 11.4 Å². The molecule has 1 amide bonds. The van der Waals surface area contributed by atoms with Crippen molar-refractivity contribution in [3.05, 3.63) is 52.7 Å². The van der Waals surface area contributed by atoms with Gasteiger partial charge in [0.15, 0.2) is 0 Å². The number of amides is 1. The molecular formula is C14H13FN4O2. The predicted molar refractivity (Wildman–Crippen MR) is 75.8 cm³/mol. The van der Waals surface area contributed by atoms with Gasteiger partial charge in [0, 0.05) is 18.8 Å². The summed E-state index contributed by atoms with van der Waals surface area (Å²) < 4.78 is 12.9. The van der Waals surface area contributed by atoms with E-state index in [1.54, 1.807) is 9.80 Å². The number of H-pyrrole nitrogens is 1. The Hall–Kier alpha value is -2.70. The van der Waals surface area contributed by atoms with Crippen molar-refractivity contribution >= 4 is 17.5 Å². The van der Waals surface area contributed by atoms with Crippen LogP contribution in [0.25, 0.3) is 0 Å². The molecule has 1 aromatic carbocycles. The molecule has 1 fully saturated rings. The zero-order valence-corrected chi connectivity index (χ0v) is 11.1. The highest BCUT2D eigenvalue weighted by Gasteiger charge is 2.26. The van der Waals surface area contributed by atoms with E-state index in [0.717, 1.165) is 11.9 Å². The van der Waals surface area contributed by atoms with Crippen molar-refractivity contribution < 1.29 is 9.18 Å². The van der Waals surface area contributed by atoms with Gasteiger partial charge in [-0.15, -0.1) is 0 Å². The molecule has 21 heavy (non-hydrogen) atoms. The van der Waals surface area contributed by atoms with Crippen LogP contribution in [-0.2, 0) is 4.79 Å². The molecule has 1 aromatic heterocycles. The van der Waals surface area contributed by atoms with Gasteiger partial charge in [0.25, 0.3) is 5.56 Å². The molecule has 1 aliphatic heterocycles. The van der Waals surface area contributed by atoms with Crippen LogP contribution in [0.15, 0.2) is 41.3 Å². The van der Waals surface area contributed by atoms with Crippen molar-refractivity contribution in [3.63, 3.8) is 0 Å². The lowest BCUT2D eigenvalue weighted by molar-refractivity contribution is -0.117. The molecule has 1 aliphatic rings. The third-order valence-electron chi connectivity index (χ3n) is 3.33. The maximum Gasteiger partial charge on any atom is 0.288 e. The van der Waals surface area contributed by atoms with Gasteiger partial charge in [0.2, 0.25) is 17.7 Å². The Labute approximate surface area is 119 Å². The number of aromatic nitrogens is 2. The Morgan fingerprint density at radius 3 is 2.57 bits per heavy atom. The molecule has 0 unspecified atom stereocenters. The summed E-state index contributed by atoms with van der Waals surface area (Å²) in [5, 5.41) is 0. The Kier molecular flexibility index (Phi) is 3.39. The average Bonchev–Trinajstić information content (AvgIpc) is 2.51. The highest BCUT2D eigenvalue weighted by atomic mass is 19.1. The van der Waals surface area contributed by atoms with E-state index >= 15 is 0 Å². The zero-order chi connectivity index (χ0) is 14.8. The van der Waals surface area contributed by atoms with Crippen molar-refractivity contribution in [1.82, 2.24) is 9.97 Å². The minimum absolute atomic E-state index is 0.0868. The van der Waals surface area contributed by atoms with Crippen LogP contribution in [0.3, 0.4) is 0 Å². The summed E-state index contributed by atoms with van der Waals surface area (Å²) in [7, 11) is 0. The standard InChI is InChI=1S/C14H13FN4O2/c15-11-8-16-14(17-13(11)21)18-6-7-19(12(20)9-18)10-4-2-1-3-5-10/h1-5,8H,6-7,9H2,(H,16,17,21). The van der Waals surface area contributed by atoms with Gasteiger partial charge in [-0.1, -0.05) is 18.2 Å². The van der Waals surface area contributed by atoms with Crippen LogP contribution in [0.5, 0.6) is 0 Å². The quantitative estimate of drug-likeness (QED) is 0.886. The van der Waals surface area contributed by atoms with E-state index in [1.807, 2.05) is 30.3 Å². The summed E-state index contributed by atoms with van der Waals surface area (Å²) in [5.74, 6) is -0.824. The van der Waals surface area contributed by atoms with Crippen LogP contribution in [0.1, 0.15) is 0 Å². The first kappa shape index (κ1) is 13.3. The van der Waals surface area contributed by atoms with Crippen molar-refractivity contribution in [2.75, 3.05) is 29.4 Å². The van der Waals surface area contributed by atoms with E-state index in [4.69, 9.17) is 0 Å². The molecule has 1 N–H and O–H groups in total. The summed E-state index contributed by atoms with van der Waals surface area (Å²) in [5.41, 5.74) is 0.000599. The molecule has 108 valence electrons. The number of carbonyl (C=O) groups is 1. The topological polar surface area (TPSA) is 69.3 Å². The predicted octanol–water partition coefficient (Wildman–Crippen LogP) is 0.762. The van der Waals surface area contributed by atoms with E-state index in [2.05, 4.69) is 9.97 Å². The fraction of sp³-hybridized carbons (Fsp3) is 0.214. The fourth-order valence-electron chi connectivity index (χ4n) is 2.27. The second kappa shape index (κ2) is 5.35. The maximum atomic E-state index is 12.9. The van der Waals surface area contributed by atoms with E-state index in [0.29, 0.717) is 13.1 Å². The van der Waals surface area contributed by atoms with Gasteiger partial charge >= 0.3 is 0 Å². The van der Waals surface area contributed by atoms with Crippen molar-refractivity contribution in [2.45, 2.75) is 0 Å². The van der Waals surface area contributed by atoms with Gasteiger partial charge in [-0.3, -0.25) is 14.6 Å². The van der Waals surface area contributed by atoms with Crippen molar-refractivity contribution in [3.8, 4) is 0 Å². The fourth-order valence-corrected chi connectivity index (χ4v) is 2.27. The lowest BCUT2D eigenvalue weighted by Crippen LogP contribution is -2.51. The van der Waals surface area contributed by atoms with Crippen LogP contribution in [0.4, 0.5) is 16.0 Å². The Balaban J connectivity index is 1.78. The monoisotopic (exact) mass is 288 g/mol. The van der Waals surface area contributed by atoms with Crippen LogP contribution < -0.4 is 15.4 Å². The third kappa shape index (κ3) is 2.62. The SMILES string of the molecule is O=C1CN(c2ncc(F)c(=O)[nH]2)CCN1c1ccccc1. The number of para-hydroxylation sites is 1. The number of nitrogens with zero attached hydrogens (tertiary/aromatic N) is 3. The average molecular weight is 288 g/mol. The second-order valence-corrected chi connectivity index (χ2v) is 4.69. The van der Waals surface area contributed by atoms with Crippen LogP contribution >= 0.6 is 0 Å². The lowest BCUT2D eigenvalue weighted by Gasteiger charge is -2.34. The zero-order valence-electron chi connectivity index (χ0n) is 11.1. The summed E-state index contributed by atoms with van der Waals surface area (Å²) in [6.45, 7) is 1.07. The number of hydrogen-bond acceptors (Lipinski definition) is 4. The molecule has 2 heterocycles. The molecule has 0 bridgehead atoms. The molecular weight excluding hydrogens is 275 g/mol. The third-order valence-corrected chi connectivity index (χ3v) is 3.33. The smallest absolute Gasteiger partial charge is 0.288 e. The number of aromatic amines is 1.